The third kappa shape index (κ3) is 16.6. The Bertz CT molecular complexity index is 9360. The largest absolute Gasteiger partial charge is 0.298 e. The van der Waals surface area contributed by atoms with Crippen molar-refractivity contribution in [2.75, 3.05) is 0 Å². The van der Waals surface area contributed by atoms with Crippen LogP contribution in [-0.2, 0) is 80.8 Å². The highest BCUT2D eigenvalue weighted by molar-refractivity contribution is 5.88. The minimum Gasteiger partial charge on any atom is -0.298 e. The van der Waals surface area contributed by atoms with E-state index in [-0.39, 0.29) is 0 Å². The number of aryl methyl sites for hydroxylation is 15. The predicted molar refractivity (Wildman–Crippen MR) is 576 cm³/mol. The van der Waals surface area contributed by atoms with Crippen LogP contribution in [0.15, 0.2) is 322 Å². The summed E-state index contributed by atoms with van der Waals surface area (Å²) in [6.45, 7) is 10.6. The first-order valence-electron chi connectivity index (χ1n) is 51.9. The summed E-state index contributed by atoms with van der Waals surface area (Å²) >= 11 is 0. The lowest BCUT2D eigenvalue weighted by atomic mass is 9.96. The summed E-state index contributed by atoms with van der Waals surface area (Å²) in [7, 11) is 12.5. The minimum absolute atomic E-state index is 0.374. The molecule has 28 rings (SSSR count). The van der Waals surface area contributed by atoms with Gasteiger partial charge in [0.15, 0.2) is 37.2 Å². The zero-order chi connectivity index (χ0) is 103. The molecule has 0 saturated carbocycles. The van der Waals surface area contributed by atoms with Crippen molar-refractivity contribution in [1.82, 2.24) is 57.3 Å². The maximum atomic E-state index is 7.63. The molecule has 0 bridgehead atoms. The maximum absolute atomic E-state index is 7.63. The summed E-state index contributed by atoms with van der Waals surface area (Å²) in [5, 5.41) is 0. The van der Waals surface area contributed by atoms with Crippen molar-refractivity contribution in [1.29, 1.82) is 0 Å². The van der Waals surface area contributed by atoms with E-state index in [9.17, 15) is 0 Å². The predicted octanol–water partition coefficient (Wildman–Crippen LogP) is 23.2. The molecule has 0 spiro atoms. The molecule has 143 heavy (non-hydrogen) atoms. The van der Waals surface area contributed by atoms with Crippen LogP contribution in [0.4, 0.5) is 0 Å². The van der Waals surface area contributed by atoms with E-state index in [0.717, 1.165) is 162 Å². The molecule has 0 N–H and O–H groups in total. The number of imidazole rings is 6. The molecule has 0 aliphatic carbocycles. The summed E-state index contributed by atoms with van der Waals surface area (Å²) in [6.07, 6.45) is 35.3. The number of allylic oxidation sites excluding steroid dienone is 4. The van der Waals surface area contributed by atoms with Gasteiger partial charge in [-0.05, 0) is 190 Å². The molecule has 12 aromatic heterocycles. The molecule has 6 aliphatic rings. The fraction of sp³-hybridized carbons (Fsp3) is 0.168. The van der Waals surface area contributed by atoms with Crippen molar-refractivity contribution >= 4 is 91.0 Å². The summed E-state index contributed by atoms with van der Waals surface area (Å²) in [4.78, 5) is 28.7. The third-order valence-corrected chi connectivity index (χ3v) is 28.7. The van der Waals surface area contributed by atoms with Gasteiger partial charge in [-0.1, -0.05) is 205 Å². The third-order valence-electron chi connectivity index (χ3n) is 28.7. The van der Waals surface area contributed by atoms with Crippen molar-refractivity contribution in [2.24, 2.45) is 42.3 Å². The van der Waals surface area contributed by atoms with Crippen LogP contribution in [0.2, 0.25) is 0 Å². The number of hydrogen-bond acceptors (Lipinski definition) is 6. The van der Waals surface area contributed by atoms with Crippen LogP contribution in [0.1, 0.15) is 104 Å². The molecular formula is C125H114N18+6. The van der Waals surface area contributed by atoms with E-state index in [1.807, 2.05) is 58.3 Å². The molecule has 0 unspecified atom stereocenters. The van der Waals surface area contributed by atoms with Gasteiger partial charge in [0.25, 0.3) is 0 Å². The molecule has 18 heteroatoms. The number of fused-ring (bicyclic) bond motifs is 22. The first kappa shape index (κ1) is 82.9. The van der Waals surface area contributed by atoms with Crippen LogP contribution >= 0.6 is 0 Å². The maximum Gasteiger partial charge on any atom is 0.214 e. The van der Waals surface area contributed by atoms with Gasteiger partial charge in [0.1, 0.15) is 133 Å². The first-order valence-corrected chi connectivity index (χ1v) is 48.9. The van der Waals surface area contributed by atoms with Crippen molar-refractivity contribution < 1.29 is 35.6 Å². The summed E-state index contributed by atoms with van der Waals surface area (Å²) in [5.41, 5.74) is 46.3. The number of pyridine rings is 6. The van der Waals surface area contributed by atoms with E-state index < -0.39 is 13.7 Å². The van der Waals surface area contributed by atoms with Crippen LogP contribution < -0.4 is 27.4 Å². The van der Waals surface area contributed by atoms with Gasteiger partial charge in [-0.2, -0.15) is 27.4 Å². The van der Waals surface area contributed by atoms with Gasteiger partial charge in [0, 0.05) is 141 Å². The van der Waals surface area contributed by atoms with Gasteiger partial charge in [-0.3, -0.25) is 27.4 Å². The number of hydrogen-bond donors (Lipinski definition) is 0. The first-order chi connectivity index (χ1) is 71.9. The van der Waals surface area contributed by atoms with E-state index in [0.29, 0.717) is 11.1 Å². The highest BCUT2D eigenvalue weighted by Gasteiger charge is 2.33. The minimum atomic E-state index is -2.08. The second-order valence-electron chi connectivity index (χ2n) is 38.5. The number of benzene rings is 10. The molecule has 18 heterocycles. The van der Waals surface area contributed by atoms with Crippen molar-refractivity contribution in [3.8, 4) is 101 Å². The lowest BCUT2D eigenvalue weighted by molar-refractivity contribution is -0.660. The summed E-state index contributed by atoms with van der Waals surface area (Å²) in [6, 6.07) is 90.2. The van der Waals surface area contributed by atoms with E-state index in [1.54, 1.807) is 24.3 Å². The molecular weight excluding hydrogens is 1750 g/mol. The second kappa shape index (κ2) is 36.6. The van der Waals surface area contributed by atoms with Gasteiger partial charge < -0.3 is 0 Å². The number of para-hydroxylation sites is 4. The zero-order valence-corrected chi connectivity index (χ0v) is 82.7. The van der Waals surface area contributed by atoms with Crippen molar-refractivity contribution in [2.45, 2.75) is 101 Å². The highest BCUT2D eigenvalue weighted by Crippen LogP contribution is 2.40. The molecule has 0 radical (unpaired) electrons. The van der Waals surface area contributed by atoms with Crippen LogP contribution in [0.5, 0.6) is 0 Å². The fourth-order valence-electron chi connectivity index (χ4n) is 21.4. The molecule has 0 amide bonds. The van der Waals surface area contributed by atoms with Crippen LogP contribution in [0.3, 0.4) is 0 Å². The van der Waals surface area contributed by atoms with Crippen molar-refractivity contribution in [3.05, 3.63) is 418 Å². The topological polar surface area (TPSA) is 130 Å². The summed E-state index contributed by atoms with van der Waals surface area (Å²) in [5.74, 6) is 6.61. The normalized spacial score (nSPS) is 13.5. The Morgan fingerprint density at radius 1 is 0.238 bits per heavy atom. The van der Waals surface area contributed by atoms with Crippen molar-refractivity contribution in [3.63, 3.8) is 0 Å². The quantitative estimate of drug-likeness (QED) is 0.139. The van der Waals surface area contributed by atoms with Gasteiger partial charge in [-0.15, -0.1) is 0 Å². The van der Waals surface area contributed by atoms with Gasteiger partial charge >= 0.3 is 0 Å². The zero-order valence-electron chi connectivity index (χ0n) is 88.7. The molecule has 0 fully saturated rings. The van der Waals surface area contributed by atoms with E-state index in [4.69, 9.17) is 38.1 Å². The number of nitrogens with zero attached hydrogens (tertiary/aromatic N) is 18. The average molecular weight is 1870 g/mol. The molecule has 0 saturated heterocycles. The lowest BCUT2D eigenvalue weighted by Crippen LogP contribution is -2.31. The molecule has 22 aromatic rings. The molecule has 698 valence electrons. The molecule has 0 atom stereocenters. The van der Waals surface area contributed by atoms with E-state index in [1.165, 1.54) is 128 Å². The van der Waals surface area contributed by atoms with Gasteiger partial charge in [0.2, 0.25) is 34.2 Å². The van der Waals surface area contributed by atoms with Gasteiger partial charge in [0.05, 0.1) is 22.1 Å². The Kier molecular flexibility index (Phi) is 21.2. The smallest absolute Gasteiger partial charge is 0.214 e. The van der Waals surface area contributed by atoms with Crippen LogP contribution in [0, 0.1) is 62.2 Å². The lowest BCUT2D eigenvalue weighted by Gasteiger charge is -2.10. The molecule has 10 aromatic carbocycles. The summed E-state index contributed by atoms with van der Waals surface area (Å²) < 4.78 is 71.8. The van der Waals surface area contributed by atoms with Crippen LogP contribution in [0.25, 0.3) is 192 Å². The fourth-order valence-corrected chi connectivity index (χ4v) is 21.4. The van der Waals surface area contributed by atoms with Gasteiger partial charge in [-0.25, -0.2) is 29.9 Å². The Balaban J connectivity index is 0.0000000986. The number of aromatic nitrogens is 18. The Hall–Kier alpha value is -17.1. The Morgan fingerprint density at radius 2 is 0.538 bits per heavy atom. The SMILES string of the molecule is Cc1ccc(-c2cc3nc4n(c3c[n+]2C)C=CC4)c(C)c1.Cc1ccc(-c2ccccc2)cc1-c1cc2c(c[n+]1C)-n1c(nc3ccccc31)C2.Cc1ccc(-c2ccccc2)cc1-c1cc2nc3n(c2c[n+]1C)C=CC3.Cc1ccccc1-c1cc2nc3n(c2c[n+]1C)C=CC3.[2H]C([2H])([2H])c1ccc(-c2cc3c(c[n+]2C)-n2c(nc4ccccc42)C3)c(C)c1.[2H]C([2H])([2H])c1ccc(-c2cc3nc4n(c3c[n+]2C)C=CC4)c(C)c1. The average Bonchev–Trinajstić information content (AvgIpc) is 1.58. The van der Waals surface area contributed by atoms with E-state index in [2.05, 4.69) is 410 Å². The molecule has 18 nitrogen and oxygen atoms in total. The van der Waals surface area contributed by atoms with E-state index >= 15 is 0 Å². The Labute approximate surface area is 841 Å². The Morgan fingerprint density at radius 3 is 0.909 bits per heavy atom. The number of rotatable bonds is 8. The van der Waals surface area contributed by atoms with Crippen LogP contribution in [-0.4, -0.2) is 57.3 Å². The standard InChI is InChI=1S/C27H22N3.C23H20N3.C22H20N3.2C18H18N3.C17H16N3/c1-18-12-13-20(19-8-4-3-5-9-19)14-22(18)25-15-21-16-27-28-23-10-6-7-11-24(23)30(27)26(21)17-29(25)2;1-16-10-11-18(17-7-4-3-5-8-17)13-19(16)21-14-20-22(15-25(21)2)26-12-6-9-23(26)24-20;1-14-8-9-17(15(2)10-14)20-11-16-12-22-23-18-6-4-5-7-19(18)25(22)21(16)13-24(20)3;2*1-12-6-7-14(13(2)9-12)16-10-15-17(11-20(16)3)21-8-4-5-18(21)19-15;1-12-6-3-4-7-13(12)15-10-14-16(11-19(15)2)20-9-5-8-17(20)18-14/h3-15,17H,16H2,1-2H3;3-8,10-15H,9H2,1-2H3;4-11,13H,12H2,1-3H3;2*4,6-11H,5H2,1-3H3;3-7,9-11H,8H2,1-2H3/q6*+1/i;;2*1D3;;. The molecule has 6 aliphatic heterocycles. The second-order valence-corrected chi connectivity index (χ2v) is 38.5. The monoisotopic (exact) mass is 1870 g/mol. The highest BCUT2D eigenvalue weighted by atomic mass is 15.2.